The van der Waals surface area contributed by atoms with Crippen LogP contribution in [-0.2, 0) is 0 Å². The first kappa shape index (κ1) is 19.0. The Bertz CT molecular complexity index is 531. The molecule has 1 aromatic rings. The zero-order valence-corrected chi connectivity index (χ0v) is 14.7. The van der Waals surface area contributed by atoms with Crippen LogP contribution < -0.4 is 10.6 Å². The van der Waals surface area contributed by atoms with E-state index in [2.05, 4.69) is 29.4 Å². The van der Waals surface area contributed by atoms with Crippen LogP contribution in [0.4, 0.5) is 10.5 Å². The zero-order chi connectivity index (χ0) is 17.4. The van der Waals surface area contributed by atoms with Gasteiger partial charge in [-0.2, -0.15) is 0 Å². The second-order valence-corrected chi connectivity index (χ2v) is 5.90. The molecule has 2 N–H and O–H groups in total. The molecule has 6 heteroatoms. The Morgan fingerprint density at radius 2 is 1.91 bits per heavy atom. The highest BCUT2D eigenvalue weighted by Gasteiger charge is 2.10. The number of likely N-dealkylation sites (N-methyl/N-ethyl adjacent to an activating group) is 1. The van der Waals surface area contributed by atoms with Gasteiger partial charge >= 0.3 is 6.03 Å². The number of carbonyl (C=O) groups is 2. The summed E-state index contributed by atoms with van der Waals surface area (Å²) in [4.78, 5) is 27.5. The number of benzene rings is 1. The number of nitrogens with one attached hydrogen (secondary N) is 2. The van der Waals surface area contributed by atoms with Gasteiger partial charge in [0.25, 0.3) is 5.91 Å². The Hall–Kier alpha value is -2.08. The van der Waals surface area contributed by atoms with Gasteiger partial charge in [0, 0.05) is 44.5 Å². The van der Waals surface area contributed by atoms with Crippen LogP contribution in [0, 0.1) is 0 Å². The second kappa shape index (κ2) is 9.15. The molecule has 1 atom stereocenters. The molecule has 0 radical (unpaired) electrons. The standard InChI is InChI=1S/C17H28N4O2/c1-6-13(2)21(5)11-10-18-17(23)19-15-9-7-8-14(12-15)16(22)20(3)4/h7-9,12-13H,6,10-11H2,1-5H3,(H2,18,19,23)/t13-/m0/s1. The van der Waals surface area contributed by atoms with Gasteiger partial charge in [-0.15, -0.1) is 0 Å². The molecule has 3 amide bonds. The summed E-state index contributed by atoms with van der Waals surface area (Å²) in [5.41, 5.74) is 1.15. The molecule has 0 bridgehead atoms. The summed E-state index contributed by atoms with van der Waals surface area (Å²) in [6.07, 6.45) is 1.08. The molecule has 0 saturated heterocycles. The molecule has 0 fully saturated rings. The highest BCUT2D eigenvalue weighted by atomic mass is 16.2. The molecule has 0 aliphatic rings. The smallest absolute Gasteiger partial charge is 0.319 e. The van der Waals surface area contributed by atoms with E-state index in [0.717, 1.165) is 13.0 Å². The highest BCUT2D eigenvalue weighted by molar-refractivity contribution is 5.96. The molecule has 0 aliphatic heterocycles. The van der Waals surface area contributed by atoms with Gasteiger partial charge in [0.1, 0.15) is 0 Å². The van der Waals surface area contributed by atoms with Crippen LogP contribution in [0.1, 0.15) is 30.6 Å². The molecule has 0 aliphatic carbocycles. The minimum absolute atomic E-state index is 0.0933. The zero-order valence-electron chi connectivity index (χ0n) is 14.7. The van der Waals surface area contributed by atoms with Crippen LogP contribution in [0.5, 0.6) is 0 Å². The van der Waals surface area contributed by atoms with Gasteiger partial charge in [-0.25, -0.2) is 4.79 Å². The average Bonchev–Trinajstić information content (AvgIpc) is 2.53. The van der Waals surface area contributed by atoms with Gasteiger partial charge in [-0.05, 0) is 38.6 Å². The number of nitrogens with zero attached hydrogens (tertiary/aromatic N) is 2. The van der Waals surface area contributed by atoms with Crippen LogP contribution in [-0.4, -0.2) is 62.0 Å². The fourth-order valence-corrected chi connectivity index (χ4v) is 2.04. The van der Waals surface area contributed by atoms with Gasteiger partial charge in [0.15, 0.2) is 0 Å². The third-order valence-corrected chi connectivity index (χ3v) is 3.87. The maximum absolute atomic E-state index is 11.9. The van der Waals surface area contributed by atoms with Crippen molar-refractivity contribution in [2.24, 2.45) is 0 Å². The fraction of sp³-hybridized carbons (Fsp3) is 0.529. The average molecular weight is 320 g/mol. The van der Waals surface area contributed by atoms with Crippen LogP contribution in [0.25, 0.3) is 0 Å². The lowest BCUT2D eigenvalue weighted by atomic mass is 10.2. The molecule has 0 spiro atoms. The number of amides is 3. The van der Waals surface area contributed by atoms with Gasteiger partial charge in [-0.1, -0.05) is 13.0 Å². The lowest BCUT2D eigenvalue weighted by Gasteiger charge is -2.23. The van der Waals surface area contributed by atoms with Crippen LogP contribution in [0.3, 0.4) is 0 Å². The Morgan fingerprint density at radius 3 is 2.52 bits per heavy atom. The van der Waals surface area contributed by atoms with Gasteiger partial charge in [0.05, 0.1) is 0 Å². The summed E-state index contributed by atoms with van der Waals surface area (Å²) in [6.45, 7) is 5.67. The SMILES string of the molecule is CC[C@H](C)N(C)CCNC(=O)Nc1cccc(C(=O)N(C)C)c1. The number of carbonyl (C=O) groups excluding carboxylic acids is 2. The Labute approximate surface area is 138 Å². The molecule has 0 heterocycles. The topological polar surface area (TPSA) is 64.7 Å². The van der Waals surface area contributed by atoms with E-state index < -0.39 is 0 Å². The van der Waals surface area contributed by atoms with E-state index in [1.165, 1.54) is 4.90 Å². The quantitative estimate of drug-likeness (QED) is 0.810. The Kier molecular flexibility index (Phi) is 7.54. The Morgan fingerprint density at radius 1 is 1.22 bits per heavy atom. The van der Waals surface area contributed by atoms with E-state index in [9.17, 15) is 9.59 Å². The molecule has 0 unspecified atom stereocenters. The van der Waals surface area contributed by atoms with Crippen molar-refractivity contribution in [2.45, 2.75) is 26.3 Å². The first-order valence-corrected chi connectivity index (χ1v) is 7.92. The van der Waals surface area contributed by atoms with E-state index in [1.54, 1.807) is 38.4 Å². The number of hydrogen-bond donors (Lipinski definition) is 2. The van der Waals surface area contributed by atoms with E-state index in [0.29, 0.717) is 23.8 Å². The molecular formula is C17H28N4O2. The van der Waals surface area contributed by atoms with Gasteiger partial charge < -0.3 is 20.4 Å². The van der Waals surface area contributed by atoms with Gasteiger partial charge in [-0.3, -0.25) is 4.79 Å². The van der Waals surface area contributed by atoms with E-state index >= 15 is 0 Å². The number of rotatable bonds is 7. The lowest BCUT2D eigenvalue weighted by Crippen LogP contribution is -2.38. The van der Waals surface area contributed by atoms with E-state index in [-0.39, 0.29) is 11.9 Å². The normalized spacial score (nSPS) is 11.9. The van der Waals surface area contributed by atoms with Crippen molar-refractivity contribution in [1.29, 1.82) is 0 Å². The molecule has 0 saturated carbocycles. The van der Waals surface area contributed by atoms with Crippen molar-refractivity contribution in [3.05, 3.63) is 29.8 Å². The summed E-state index contributed by atoms with van der Waals surface area (Å²) in [5.74, 6) is -0.0933. The fourth-order valence-electron chi connectivity index (χ4n) is 2.04. The van der Waals surface area contributed by atoms with Crippen molar-refractivity contribution >= 4 is 17.6 Å². The largest absolute Gasteiger partial charge is 0.345 e. The summed E-state index contributed by atoms with van der Waals surface area (Å²) in [6, 6.07) is 7.14. The maximum Gasteiger partial charge on any atom is 0.319 e. The lowest BCUT2D eigenvalue weighted by molar-refractivity contribution is 0.0827. The molecule has 6 nitrogen and oxygen atoms in total. The van der Waals surface area contributed by atoms with Crippen molar-refractivity contribution in [1.82, 2.24) is 15.1 Å². The van der Waals surface area contributed by atoms with Gasteiger partial charge in [0.2, 0.25) is 0 Å². The monoisotopic (exact) mass is 320 g/mol. The first-order valence-electron chi connectivity index (χ1n) is 7.92. The van der Waals surface area contributed by atoms with Crippen LogP contribution >= 0.6 is 0 Å². The first-order chi connectivity index (χ1) is 10.8. The summed E-state index contributed by atoms with van der Waals surface area (Å²) < 4.78 is 0. The molecule has 23 heavy (non-hydrogen) atoms. The number of hydrogen-bond acceptors (Lipinski definition) is 3. The van der Waals surface area contributed by atoms with Crippen molar-refractivity contribution in [2.75, 3.05) is 39.5 Å². The van der Waals surface area contributed by atoms with E-state index in [1.807, 2.05) is 7.05 Å². The number of urea groups is 1. The molecule has 1 aromatic carbocycles. The minimum Gasteiger partial charge on any atom is -0.345 e. The minimum atomic E-state index is -0.267. The molecular weight excluding hydrogens is 292 g/mol. The number of anilines is 1. The van der Waals surface area contributed by atoms with Crippen LogP contribution in [0.15, 0.2) is 24.3 Å². The maximum atomic E-state index is 11.9. The van der Waals surface area contributed by atoms with Crippen molar-refractivity contribution in [3.8, 4) is 0 Å². The summed E-state index contributed by atoms with van der Waals surface area (Å²) >= 11 is 0. The third kappa shape index (κ3) is 6.28. The van der Waals surface area contributed by atoms with E-state index in [4.69, 9.17) is 0 Å². The predicted octanol–water partition coefficient (Wildman–Crippen LogP) is 2.24. The molecule has 128 valence electrons. The molecule has 0 aromatic heterocycles. The van der Waals surface area contributed by atoms with Crippen LogP contribution in [0.2, 0.25) is 0 Å². The molecule has 1 rings (SSSR count). The summed E-state index contributed by atoms with van der Waals surface area (Å²) in [7, 11) is 5.44. The van der Waals surface area contributed by atoms with Crippen molar-refractivity contribution in [3.63, 3.8) is 0 Å². The summed E-state index contributed by atoms with van der Waals surface area (Å²) in [5, 5.41) is 5.58. The Balaban J connectivity index is 2.49. The third-order valence-electron chi connectivity index (χ3n) is 3.87. The second-order valence-electron chi connectivity index (χ2n) is 5.90. The highest BCUT2D eigenvalue weighted by Crippen LogP contribution is 2.11. The van der Waals surface area contributed by atoms with Crippen molar-refractivity contribution < 1.29 is 9.59 Å². The predicted molar refractivity (Wildman–Crippen MR) is 93.9 cm³/mol.